The SMILES string of the molecule is CS(=O)(=O)C1(C(=O)N2CCN(C(=O)Cc3ccccc3)CC2)CCNCC1. The van der Waals surface area contributed by atoms with Gasteiger partial charge < -0.3 is 15.1 Å². The van der Waals surface area contributed by atoms with E-state index in [1.165, 1.54) is 0 Å². The molecule has 8 heteroatoms. The molecule has 27 heavy (non-hydrogen) atoms. The molecule has 7 nitrogen and oxygen atoms in total. The molecule has 0 spiro atoms. The number of piperidine rings is 1. The van der Waals surface area contributed by atoms with Gasteiger partial charge in [-0.1, -0.05) is 30.3 Å². The molecule has 2 aliphatic heterocycles. The third-order valence-electron chi connectivity index (χ3n) is 5.63. The van der Waals surface area contributed by atoms with Gasteiger partial charge in [0.25, 0.3) is 0 Å². The molecule has 3 rings (SSSR count). The second-order valence-electron chi connectivity index (χ2n) is 7.35. The Labute approximate surface area is 160 Å². The van der Waals surface area contributed by atoms with E-state index in [1.807, 2.05) is 30.3 Å². The van der Waals surface area contributed by atoms with E-state index >= 15 is 0 Å². The van der Waals surface area contributed by atoms with Crippen molar-refractivity contribution in [2.75, 3.05) is 45.5 Å². The molecule has 0 unspecified atom stereocenters. The van der Waals surface area contributed by atoms with E-state index < -0.39 is 14.6 Å². The third-order valence-corrected chi connectivity index (χ3v) is 7.63. The lowest BCUT2D eigenvalue weighted by Crippen LogP contribution is -2.61. The van der Waals surface area contributed by atoms with Crippen molar-refractivity contribution < 1.29 is 18.0 Å². The standard InChI is InChI=1S/C19H27N3O4S/c1-27(25,26)19(7-9-20-10-8-19)18(24)22-13-11-21(12-14-22)17(23)15-16-5-3-2-4-6-16/h2-6,20H,7-15H2,1H3. The van der Waals surface area contributed by atoms with Crippen molar-refractivity contribution in [3.05, 3.63) is 35.9 Å². The minimum Gasteiger partial charge on any atom is -0.339 e. The van der Waals surface area contributed by atoms with Crippen LogP contribution in [0.5, 0.6) is 0 Å². The van der Waals surface area contributed by atoms with E-state index in [2.05, 4.69) is 5.32 Å². The minimum absolute atomic E-state index is 0.0352. The molecular weight excluding hydrogens is 366 g/mol. The smallest absolute Gasteiger partial charge is 0.244 e. The molecule has 0 radical (unpaired) electrons. The molecular formula is C19H27N3O4S. The van der Waals surface area contributed by atoms with Gasteiger partial charge in [-0.2, -0.15) is 0 Å². The predicted octanol–water partition coefficient (Wildman–Crippen LogP) is 0.0667. The van der Waals surface area contributed by atoms with Crippen molar-refractivity contribution in [2.24, 2.45) is 0 Å². The fourth-order valence-corrected chi connectivity index (χ4v) is 5.30. The highest BCUT2D eigenvalue weighted by molar-refractivity contribution is 7.92. The van der Waals surface area contributed by atoms with Crippen LogP contribution in [0.25, 0.3) is 0 Å². The first-order valence-electron chi connectivity index (χ1n) is 9.35. The zero-order valence-corrected chi connectivity index (χ0v) is 16.5. The van der Waals surface area contributed by atoms with Gasteiger partial charge in [0.1, 0.15) is 0 Å². The number of nitrogens with zero attached hydrogens (tertiary/aromatic N) is 2. The Balaban J connectivity index is 1.62. The fourth-order valence-electron chi connectivity index (χ4n) is 3.90. The summed E-state index contributed by atoms with van der Waals surface area (Å²) < 4.78 is 23.5. The van der Waals surface area contributed by atoms with Crippen molar-refractivity contribution in [3.63, 3.8) is 0 Å². The lowest BCUT2D eigenvalue weighted by molar-refractivity contribution is -0.141. The van der Waals surface area contributed by atoms with Crippen LogP contribution < -0.4 is 5.32 Å². The largest absolute Gasteiger partial charge is 0.339 e. The number of benzene rings is 1. The van der Waals surface area contributed by atoms with Gasteiger partial charge >= 0.3 is 0 Å². The van der Waals surface area contributed by atoms with Crippen LogP contribution in [0.4, 0.5) is 0 Å². The molecule has 0 aliphatic carbocycles. The second-order valence-corrected chi connectivity index (χ2v) is 9.68. The maximum Gasteiger partial charge on any atom is 0.244 e. The molecule has 0 bridgehead atoms. The number of piperazine rings is 1. The first kappa shape index (κ1) is 19.8. The quantitative estimate of drug-likeness (QED) is 0.782. The molecule has 1 aromatic carbocycles. The van der Waals surface area contributed by atoms with Gasteiger partial charge in [-0.25, -0.2) is 8.42 Å². The number of nitrogens with one attached hydrogen (secondary N) is 1. The van der Waals surface area contributed by atoms with Gasteiger partial charge in [0.2, 0.25) is 11.8 Å². The highest BCUT2D eigenvalue weighted by atomic mass is 32.2. The summed E-state index contributed by atoms with van der Waals surface area (Å²) in [4.78, 5) is 29.0. The van der Waals surface area contributed by atoms with Crippen LogP contribution in [0.1, 0.15) is 18.4 Å². The van der Waals surface area contributed by atoms with Crippen LogP contribution in [-0.2, 0) is 25.8 Å². The van der Waals surface area contributed by atoms with Crippen molar-refractivity contribution in [1.82, 2.24) is 15.1 Å². The molecule has 0 saturated carbocycles. The molecule has 2 amide bonds. The second kappa shape index (κ2) is 7.98. The van der Waals surface area contributed by atoms with E-state index in [0.29, 0.717) is 58.5 Å². The lowest BCUT2D eigenvalue weighted by atomic mass is 9.94. The normalized spacial score (nSPS) is 20.3. The average Bonchev–Trinajstić information content (AvgIpc) is 2.68. The van der Waals surface area contributed by atoms with E-state index in [1.54, 1.807) is 9.80 Å². The Kier molecular flexibility index (Phi) is 5.86. The van der Waals surface area contributed by atoms with Crippen molar-refractivity contribution in [1.29, 1.82) is 0 Å². The summed E-state index contributed by atoms with van der Waals surface area (Å²) in [5, 5.41) is 3.13. The van der Waals surface area contributed by atoms with Crippen LogP contribution in [0.15, 0.2) is 30.3 Å². The minimum atomic E-state index is -3.52. The van der Waals surface area contributed by atoms with E-state index in [0.717, 1.165) is 11.8 Å². The molecule has 2 saturated heterocycles. The average molecular weight is 394 g/mol. The molecule has 0 aromatic heterocycles. The van der Waals surface area contributed by atoms with Crippen molar-refractivity contribution in [3.8, 4) is 0 Å². The summed E-state index contributed by atoms with van der Waals surface area (Å²) in [6.45, 7) is 2.68. The van der Waals surface area contributed by atoms with Crippen molar-refractivity contribution in [2.45, 2.75) is 24.0 Å². The molecule has 148 valence electrons. The van der Waals surface area contributed by atoms with Gasteiger partial charge in [0, 0.05) is 32.4 Å². The molecule has 2 fully saturated rings. The van der Waals surface area contributed by atoms with Crippen LogP contribution in [0, 0.1) is 0 Å². The van der Waals surface area contributed by atoms with Crippen molar-refractivity contribution >= 4 is 21.7 Å². The molecule has 1 N–H and O–H groups in total. The predicted molar refractivity (Wildman–Crippen MR) is 103 cm³/mol. The number of rotatable bonds is 4. The van der Waals surface area contributed by atoms with Gasteiger partial charge in [0.05, 0.1) is 6.42 Å². The Bertz CT molecular complexity index is 780. The number of sulfone groups is 1. The van der Waals surface area contributed by atoms with E-state index in [4.69, 9.17) is 0 Å². The number of amides is 2. The first-order chi connectivity index (χ1) is 12.8. The van der Waals surface area contributed by atoms with E-state index in [-0.39, 0.29) is 11.8 Å². The first-order valence-corrected chi connectivity index (χ1v) is 11.2. The van der Waals surface area contributed by atoms with Gasteiger partial charge in [-0.15, -0.1) is 0 Å². The summed E-state index contributed by atoms with van der Waals surface area (Å²) in [6.07, 6.45) is 2.11. The maximum atomic E-state index is 13.1. The van der Waals surface area contributed by atoms with Crippen LogP contribution in [-0.4, -0.2) is 80.3 Å². The van der Waals surface area contributed by atoms with Crippen LogP contribution >= 0.6 is 0 Å². The molecule has 0 atom stereocenters. The van der Waals surface area contributed by atoms with Crippen LogP contribution in [0.3, 0.4) is 0 Å². The summed E-state index contributed by atoms with van der Waals surface area (Å²) in [5.41, 5.74) is 0.965. The Morgan fingerprint density at radius 3 is 2.11 bits per heavy atom. The molecule has 2 heterocycles. The summed E-state index contributed by atoms with van der Waals surface area (Å²) >= 11 is 0. The topological polar surface area (TPSA) is 86.8 Å². The van der Waals surface area contributed by atoms with Gasteiger partial charge in [0.15, 0.2) is 14.6 Å². The Morgan fingerprint density at radius 1 is 1.00 bits per heavy atom. The maximum absolute atomic E-state index is 13.1. The summed E-state index contributed by atoms with van der Waals surface area (Å²) in [7, 11) is -3.52. The van der Waals surface area contributed by atoms with Crippen LogP contribution in [0.2, 0.25) is 0 Å². The zero-order valence-electron chi connectivity index (χ0n) is 15.7. The zero-order chi connectivity index (χ0) is 19.5. The van der Waals surface area contributed by atoms with E-state index in [9.17, 15) is 18.0 Å². The molecule has 2 aliphatic rings. The highest BCUT2D eigenvalue weighted by Crippen LogP contribution is 2.30. The van der Waals surface area contributed by atoms with Gasteiger partial charge in [-0.05, 0) is 31.5 Å². The summed E-state index contributed by atoms with van der Waals surface area (Å²) in [6, 6.07) is 9.57. The fraction of sp³-hybridized carbons (Fsp3) is 0.579. The monoisotopic (exact) mass is 393 g/mol. The lowest BCUT2D eigenvalue weighted by Gasteiger charge is -2.42. The number of hydrogen-bond donors (Lipinski definition) is 1. The summed E-state index contributed by atoms with van der Waals surface area (Å²) in [5.74, 6) is -0.269. The molecule has 1 aromatic rings. The number of carbonyl (C=O) groups excluding carboxylic acids is 2. The van der Waals surface area contributed by atoms with Gasteiger partial charge in [-0.3, -0.25) is 9.59 Å². The Hall–Kier alpha value is -1.93. The highest BCUT2D eigenvalue weighted by Gasteiger charge is 2.50. The third kappa shape index (κ3) is 4.16. The number of carbonyl (C=O) groups is 2. The number of hydrogen-bond acceptors (Lipinski definition) is 5. The Morgan fingerprint density at radius 2 is 1.56 bits per heavy atom.